The second kappa shape index (κ2) is 6.81. The summed E-state index contributed by atoms with van der Waals surface area (Å²) in [6, 6.07) is 10.9. The number of hydrogen-bond acceptors (Lipinski definition) is 7. The number of anilines is 1. The van der Waals surface area contributed by atoms with Gasteiger partial charge in [-0.2, -0.15) is 0 Å². The molecule has 1 aromatic heterocycles. The largest absolute Gasteiger partial charge is 0.478 e. The van der Waals surface area contributed by atoms with Gasteiger partial charge in [-0.3, -0.25) is 20.2 Å². The number of hydrogen-bond donors (Lipinski definition) is 2. The van der Waals surface area contributed by atoms with Crippen molar-refractivity contribution in [3.8, 4) is 11.5 Å². The summed E-state index contributed by atoms with van der Waals surface area (Å²) in [5, 5.41) is 29.5. The fraction of sp³-hybridized carbons (Fsp3) is 0. The summed E-state index contributed by atoms with van der Waals surface area (Å²) in [5.41, 5.74) is 0.108. The monoisotopic (exact) mass is 354 g/mol. The van der Waals surface area contributed by atoms with E-state index in [1.165, 1.54) is 48.5 Å². The van der Waals surface area contributed by atoms with Gasteiger partial charge in [0.2, 0.25) is 5.89 Å². The predicted molar refractivity (Wildman–Crippen MR) is 87.7 cm³/mol. The van der Waals surface area contributed by atoms with Crippen molar-refractivity contribution >= 4 is 23.6 Å². The van der Waals surface area contributed by atoms with Gasteiger partial charge in [0.15, 0.2) is 0 Å². The summed E-state index contributed by atoms with van der Waals surface area (Å²) >= 11 is 0. The molecule has 0 saturated carbocycles. The molecule has 0 aliphatic rings. The van der Waals surface area contributed by atoms with Gasteiger partial charge in [0.25, 0.3) is 11.6 Å². The highest BCUT2D eigenvalue weighted by Gasteiger charge is 2.18. The minimum absolute atomic E-state index is 0.0433. The molecule has 2 N–H and O–H groups in total. The van der Waals surface area contributed by atoms with Crippen molar-refractivity contribution in [2.75, 3.05) is 5.32 Å². The molecule has 3 rings (SSSR count). The first-order valence-electron chi connectivity index (χ1n) is 7.17. The van der Waals surface area contributed by atoms with E-state index in [2.05, 4.69) is 15.5 Å². The van der Waals surface area contributed by atoms with Gasteiger partial charge in [-0.05, 0) is 24.3 Å². The normalized spacial score (nSPS) is 10.3. The van der Waals surface area contributed by atoms with Crippen LogP contribution in [0.3, 0.4) is 0 Å². The number of carboxylic acid groups (broad SMARTS) is 1. The molecule has 10 nitrogen and oxygen atoms in total. The standard InChI is InChI=1S/C16H10N4O6/c21-13(11-3-1-2-4-12(11)15(22)23)17-16-19-18-14(26-16)9-5-7-10(8-6-9)20(24)25/h1-8H,(H,22,23)(H,17,19,21). The number of aromatic carboxylic acids is 1. The summed E-state index contributed by atoms with van der Waals surface area (Å²) in [6.07, 6.45) is 0. The lowest BCUT2D eigenvalue weighted by atomic mass is 10.1. The molecule has 0 fully saturated rings. The van der Waals surface area contributed by atoms with Crippen LogP contribution < -0.4 is 5.32 Å². The van der Waals surface area contributed by atoms with Crippen LogP contribution in [0, 0.1) is 10.1 Å². The average molecular weight is 354 g/mol. The van der Waals surface area contributed by atoms with E-state index in [4.69, 9.17) is 9.52 Å². The summed E-state index contributed by atoms with van der Waals surface area (Å²) in [6.45, 7) is 0. The fourth-order valence-electron chi connectivity index (χ4n) is 2.15. The van der Waals surface area contributed by atoms with Crippen molar-refractivity contribution in [2.45, 2.75) is 0 Å². The molecule has 3 aromatic rings. The van der Waals surface area contributed by atoms with Gasteiger partial charge in [0, 0.05) is 17.7 Å². The van der Waals surface area contributed by atoms with Crippen molar-refractivity contribution in [3.63, 3.8) is 0 Å². The molecule has 0 aliphatic heterocycles. The van der Waals surface area contributed by atoms with Crippen molar-refractivity contribution < 1.29 is 24.0 Å². The van der Waals surface area contributed by atoms with E-state index in [0.29, 0.717) is 5.56 Å². The smallest absolute Gasteiger partial charge is 0.336 e. The maximum atomic E-state index is 12.2. The van der Waals surface area contributed by atoms with E-state index in [1.807, 2.05) is 0 Å². The van der Waals surface area contributed by atoms with Crippen LogP contribution in [0.5, 0.6) is 0 Å². The Labute approximate surface area is 145 Å². The van der Waals surface area contributed by atoms with Crippen LogP contribution in [0.2, 0.25) is 0 Å². The molecule has 26 heavy (non-hydrogen) atoms. The third kappa shape index (κ3) is 3.38. The zero-order valence-electron chi connectivity index (χ0n) is 12.9. The van der Waals surface area contributed by atoms with Crippen molar-refractivity contribution in [1.29, 1.82) is 0 Å². The Morgan fingerprint density at radius 1 is 1.04 bits per heavy atom. The molecule has 0 saturated heterocycles. The lowest BCUT2D eigenvalue weighted by molar-refractivity contribution is -0.384. The zero-order valence-corrected chi connectivity index (χ0v) is 12.9. The predicted octanol–water partition coefficient (Wildman–Crippen LogP) is 2.60. The lowest BCUT2D eigenvalue weighted by Crippen LogP contribution is -2.16. The molecular formula is C16H10N4O6. The van der Waals surface area contributed by atoms with Gasteiger partial charge in [0.1, 0.15) is 0 Å². The number of nitrogens with one attached hydrogen (secondary N) is 1. The van der Waals surface area contributed by atoms with E-state index in [0.717, 1.165) is 0 Å². The molecular weight excluding hydrogens is 344 g/mol. The van der Waals surface area contributed by atoms with Crippen molar-refractivity contribution in [1.82, 2.24) is 10.2 Å². The number of rotatable bonds is 5. The molecule has 1 amide bonds. The average Bonchev–Trinajstić information content (AvgIpc) is 3.10. The summed E-state index contributed by atoms with van der Waals surface area (Å²) in [4.78, 5) is 33.5. The number of amides is 1. The van der Waals surface area contributed by atoms with E-state index in [9.17, 15) is 19.7 Å². The Morgan fingerprint density at radius 2 is 1.69 bits per heavy atom. The molecule has 0 atom stereocenters. The minimum Gasteiger partial charge on any atom is -0.478 e. The highest BCUT2D eigenvalue weighted by Crippen LogP contribution is 2.23. The maximum Gasteiger partial charge on any atom is 0.336 e. The summed E-state index contributed by atoms with van der Waals surface area (Å²) in [7, 11) is 0. The Morgan fingerprint density at radius 3 is 2.31 bits per heavy atom. The van der Waals surface area contributed by atoms with Gasteiger partial charge in [-0.15, -0.1) is 5.10 Å². The van der Waals surface area contributed by atoms with Crippen LogP contribution in [-0.4, -0.2) is 32.1 Å². The highest BCUT2D eigenvalue weighted by molar-refractivity contribution is 6.09. The zero-order chi connectivity index (χ0) is 18.7. The Kier molecular flexibility index (Phi) is 4.39. The highest BCUT2D eigenvalue weighted by atomic mass is 16.6. The molecule has 0 radical (unpaired) electrons. The maximum absolute atomic E-state index is 12.2. The van der Waals surface area contributed by atoms with Gasteiger partial charge >= 0.3 is 12.0 Å². The number of carboxylic acids is 1. The van der Waals surface area contributed by atoms with Crippen LogP contribution in [0.25, 0.3) is 11.5 Å². The number of nitrogens with zero attached hydrogens (tertiary/aromatic N) is 3. The third-order valence-electron chi connectivity index (χ3n) is 3.37. The molecule has 0 unspecified atom stereocenters. The van der Waals surface area contributed by atoms with Crippen molar-refractivity contribution in [3.05, 3.63) is 69.8 Å². The van der Waals surface area contributed by atoms with Crippen LogP contribution in [0.4, 0.5) is 11.7 Å². The number of aromatic nitrogens is 2. The SMILES string of the molecule is O=C(O)c1ccccc1C(=O)Nc1nnc(-c2ccc([N+](=O)[O-])cc2)o1. The van der Waals surface area contributed by atoms with E-state index in [-0.39, 0.29) is 28.7 Å². The number of benzene rings is 2. The van der Waals surface area contributed by atoms with E-state index >= 15 is 0 Å². The first-order valence-corrected chi connectivity index (χ1v) is 7.17. The summed E-state index contributed by atoms with van der Waals surface area (Å²) in [5.74, 6) is -1.92. The van der Waals surface area contributed by atoms with Crippen LogP contribution in [-0.2, 0) is 0 Å². The minimum atomic E-state index is -1.24. The number of non-ortho nitro benzene ring substituents is 1. The second-order valence-corrected chi connectivity index (χ2v) is 5.02. The third-order valence-corrected chi connectivity index (χ3v) is 3.37. The molecule has 2 aromatic carbocycles. The molecule has 10 heteroatoms. The first kappa shape index (κ1) is 16.8. The molecule has 130 valence electrons. The van der Waals surface area contributed by atoms with Crippen LogP contribution in [0.1, 0.15) is 20.7 Å². The van der Waals surface area contributed by atoms with Gasteiger partial charge in [0.05, 0.1) is 16.1 Å². The first-order chi connectivity index (χ1) is 12.5. The topological polar surface area (TPSA) is 148 Å². The fourth-order valence-corrected chi connectivity index (χ4v) is 2.15. The Bertz CT molecular complexity index is 996. The van der Waals surface area contributed by atoms with E-state index in [1.54, 1.807) is 0 Å². The second-order valence-electron chi connectivity index (χ2n) is 5.02. The van der Waals surface area contributed by atoms with Gasteiger partial charge < -0.3 is 9.52 Å². The van der Waals surface area contributed by atoms with Crippen LogP contribution in [0.15, 0.2) is 52.9 Å². The van der Waals surface area contributed by atoms with E-state index < -0.39 is 16.8 Å². The number of nitro groups is 1. The molecule has 1 heterocycles. The van der Waals surface area contributed by atoms with Crippen molar-refractivity contribution in [2.24, 2.45) is 0 Å². The number of nitro benzene ring substituents is 1. The number of carbonyl (C=O) groups is 2. The Balaban J connectivity index is 1.79. The summed E-state index contributed by atoms with van der Waals surface area (Å²) < 4.78 is 5.29. The molecule has 0 bridgehead atoms. The van der Waals surface area contributed by atoms with Gasteiger partial charge in [-0.1, -0.05) is 17.2 Å². The molecule has 0 spiro atoms. The quantitative estimate of drug-likeness (QED) is 0.524. The lowest BCUT2D eigenvalue weighted by Gasteiger charge is -2.04. The molecule has 0 aliphatic carbocycles. The van der Waals surface area contributed by atoms with Gasteiger partial charge in [-0.25, -0.2) is 4.79 Å². The van der Waals surface area contributed by atoms with Crippen LogP contribution >= 0.6 is 0 Å². The number of carbonyl (C=O) groups excluding carboxylic acids is 1. The Hall–Kier alpha value is -4.08.